The molecule has 2 aliphatic heterocycles. The van der Waals surface area contributed by atoms with Crippen molar-refractivity contribution < 1.29 is 23.5 Å². The summed E-state index contributed by atoms with van der Waals surface area (Å²) in [4.78, 5) is 49.3. The van der Waals surface area contributed by atoms with Gasteiger partial charge in [0.15, 0.2) is 11.1 Å². The lowest BCUT2D eigenvalue weighted by molar-refractivity contribution is -0.125. The standard InChI is InChI=1S/C27H20N6O5/c1-37-17-4-2-15-12-33(24(34)18(15)10-17)14-27(25(35)30-26(36)31-27)22-11-20-21(38-22)6-5-19(29-20)16-3-7-23-28-8-9-32(23)13-16/h2-11,13H,12,14H2,1H3,(H2,30,31,35,36)/t27-/m0/s1. The van der Waals surface area contributed by atoms with Gasteiger partial charge < -0.3 is 23.8 Å². The molecular formula is C27H20N6O5. The van der Waals surface area contributed by atoms with Gasteiger partial charge in [0.2, 0.25) is 0 Å². The molecule has 7 rings (SSSR count). The lowest BCUT2D eigenvalue weighted by Gasteiger charge is -2.28. The molecule has 0 saturated carbocycles. The zero-order valence-corrected chi connectivity index (χ0v) is 20.1. The Bertz CT molecular complexity index is 1810. The average Bonchev–Trinajstić information content (AvgIpc) is 3.69. The first-order chi connectivity index (χ1) is 18.4. The zero-order chi connectivity index (χ0) is 26.0. The second-order valence-electron chi connectivity index (χ2n) is 9.30. The van der Waals surface area contributed by atoms with Crippen molar-refractivity contribution in [2.75, 3.05) is 13.7 Å². The van der Waals surface area contributed by atoms with Crippen molar-refractivity contribution in [3.63, 3.8) is 0 Å². The van der Waals surface area contributed by atoms with Crippen LogP contribution in [-0.4, -0.2) is 50.8 Å². The van der Waals surface area contributed by atoms with Crippen LogP contribution in [0.4, 0.5) is 4.79 Å². The van der Waals surface area contributed by atoms with Crippen LogP contribution < -0.4 is 15.4 Å². The Morgan fingerprint density at radius 1 is 1.11 bits per heavy atom. The largest absolute Gasteiger partial charge is 0.497 e. The second kappa shape index (κ2) is 7.90. The molecule has 2 aliphatic rings. The molecule has 4 amide bonds. The van der Waals surface area contributed by atoms with Crippen molar-refractivity contribution in [2.24, 2.45) is 0 Å². The monoisotopic (exact) mass is 508 g/mol. The smallest absolute Gasteiger partial charge is 0.322 e. The number of nitrogens with one attached hydrogen (secondary N) is 2. The topological polar surface area (TPSA) is 131 Å². The van der Waals surface area contributed by atoms with Gasteiger partial charge in [-0.15, -0.1) is 0 Å². The highest BCUT2D eigenvalue weighted by molar-refractivity contribution is 6.08. The number of carbonyl (C=O) groups is 3. The maximum Gasteiger partial charge on any atom is 0.322 e. The van der Waals surface area contributed by atoms with Gasteiger partial charge in [0.1, 0.15) is 22.7 Å². The van der Waals surface area contributed by atoms with Gasteiger partial charge in [0, 0.05) is 42.3 Å². The molecule has 2 N–H and O–H groups in total. The Labute approximate surface area is 215 Å². The fourth-order valence-corrected chi connectivity index (χ4v) is 5.10. The number of benzene rings is 1. The van der Waals surface area contributed by atoms with Gasteiger partial charge in [-0.05, 0) is 42.0 Å². The summed E-state index contributed by atoms with van der Waals surface area (Å²) in [5.74, 6) is -0.119. The van der Waals surface area contributed by atoms with Gasteiger partial charge in [0.25, 0.3) is 11.8 Å². The molecule has 1 aromatic carbocycles. The number of imide groups is 1. The molecule has 0 unspecified atom stereocenters. The first kappa shape index (κ1) is 22.0. The maximum atomic E-state index is 13.2. The zero-order valence-electron chi connectivity index (χ0n) is 20.1. The molecule has 1 saturated heterocycles. The van der Waals surface area contributed by atoms with Crippen molar-refractivity contribution in [2.45, 2.75) is 12.1 Å². The minimum atomic E-state index is -1.62. The molecule has 0 bridgehead atoms. The van der Waals surface area contributed by atoms with Gasteiger partial charge in [-0.25, -0.2) is 14.8 Å². The minimum Gasteiger partial charge on any atom is -0.497 e. The van der Waals surface area contributed by atoms with E-state index in [0.29, 0.717) is 28.1 Å². The molecular weight excluding hydrogens is 488 g/mol. The summed E-state index contributed by atoms with van der Waals surface area (Å²) in [6.07, 6.45) is 5.50. The third kappa shape index (κ3) is 3.25. The predicted molar refractivity (Wildman–Crippen MR) is 134 cm³/mol. The predicted octanol–water partition coefficient (Wildman–Crippen LogP) is 2.84. The number of carbonyl (C=O) groups excluding carboxylic acids is 3. The molecule has 6 heterocycles. The van der Waals surface area contributed by atoms with E-state index in [4.69, 9.17) is 14.1 Å². The van der Waals surface area contributed by atoms with Crippen LogP contribution in [0.2, 0.25) is 0 Å². The molecule has 0 spiro atoms. The second-order valence-corrected chi connectivity index (χ2v) is 9.30. The van der Waals surface area contributed by atoms with Crippen molar-refractivity contribution in [3.8, 4) is 17.0 Å². The summed E-state index contributed by atoms with van der Waals surface area (Å²) in [7, 11) is 1.53. The van der Waals surface area contributed by atoms with E-state index in [1.807, 2.05) is 41.1 Å². The van der Waals surface area contributed by atoms with E-state index >= 15 is 0 Å². The van der Waals surface area contributed by atoms with Crippen LogP contribution in [0, 0.1) is 0 Å². The lowest BCUT2D eigenvalue weighted by Crippen LogP contribution is -2.52. The highest BCUT2D eigenvalue weighted by Crippen LogP contribution is 2.35. The Hall–Kier alpha value is -5.19. The van der Waals surface area contributed by atoms with E-state index in [-0.39, 0.29) is 24.8 Å². The molecule has 11 heteroatoms. The summed E-state index contributed by atoms with van der Waals surface area (Å²) in [5, 5.41) is 5.00. The van der Waals surface area contributed by atoms with Crippen molar-refractivity contribution in [1.29, 1.82) is 0 Å². The first-order valence-corrected chi connectivity index (χ1v) is 11.9. The first-order valence-electron chi connectivity index (χ1n) is 11.9. The number of rotatable bonds is 5. The summed E-state index contributed by atoms with van der Waals surface area (Å²) in [6.45, 7) is 0.160. The van der Waals surface area contributed by atoms with Crippen LogP contribution >= 0.6 is 0 Å². The third-order valence-corrected chi connectivity index (χ3v) is 7.04. The van der Waals surface area contributed by atoms with Gasteiger partial charge in [0.05, 0.1) is 19.3 Å². The van der Waals surface area contributed by atoms with Crippen LogP contribution in [-0.2, 0) is 16.9 Å². The Morgan fingerprint density at radius 2 is 2.00 bits per heavy atom. The Balaban J connectivity index is 1.26. The van der Waals surface area contributed by atoms with E-state index in [2.05, 4.69) is 15.6 Å². The molecule has 11 nitrogen and oxygen atoms in total. The molecule has 0 aliphatic carbocycles. The third-order valence-electron chi connectivity index (χ3n) is 7.04. The Morgan fingerprint density at radius 3 is 2.82 bits per heavy atom. The highest BCUT2D eigenvalue weighted by Gasteiger charge is 2.53. The number of hydrogen-bond acceptors (Lipinski definition) is 7. The van der Waals surface area contributed by atoms with Gasteiger partial charge in [-0.2, -0.15) is 0 Å². The normalized spacial score (nSPS) is 18.8. The number of methoxy groups -OCH3 is 1. The summed E-state index contributed by atoms with van der Waals surface area (Å²) < 4.78 is 13.2. The molecule has 188 valence electrons. The number of ether oxygens (including phenoxy) is 1. The molecule has 38 heavy (non-hydrogen) atoms. The van der Waals surface area contributed by atoms with Crippen molar-refractivity contribution in [3.05, 3.63) is 84.0 Å². The number of hydrogen-bond donors (Lipinski definition) is 2. The van der Waals surface area contributed by atoms with E-state index in [1.54, 1.807) is 30.5 Å². The van der Waals surface area contributed by atoms with Crippen LogP contribution in [0.1, 0.15) is 21.7 Å². The summed E-state index contributed by atoms with van der Waals surface area (Å²) in [6, 6.07) is 13.7. The number of imidazole rings is 1. The fraction of sp³-hybridized carbons (Fsp3) is 0.148. The van der Waals surface area contributed by atoms with Gasteiger partial charge in [-0.3, -0.25) is 14.9 Å². The molecule has 1 atom stereocenters. The molecule has 1 fully saturated rings. The number of amides is 4. The molecule has 5 aromatic rings. The number of pyridine rings is 2. The van der Waals surface area contributed by atoms with Crippen LogP contribution in [0.15, 0.2) is 71.5 Å². The van der Waals surface area contributed by atoms with E-state index in [1.165, 1.54) is 12.0 Å². The SMILES string of the molecule is COc1ccc2c(c1)C(=O)N(C[C@@]1(c3cc4nc(-c5ccc6nccn6c5)ccc4o3)NC(=O)NC1=O)C2. The van der Waals surface area contributed by atoms with Gasteiger partial charge >= 0.3 is 6.03 Å². The number of urea groups is 1. The summed E-state index contributed by atoms with van der Waals surface area (Å²) >= 11 is 0. The van der Waals surface area contributed by atoms with E-state index < -0.39 is 17.5 Å². The lowest BCUT2D eigenvalue weighted by atomic mass is 9.95. The molecule has 4 aromatic heterocycles. The van der Waals surface area contributed by atoms with Crippen molar-refractivity contribution in [1.82, 2.24) is 29.9 Å². The number of furan rings is 1. The van der Waals surface area contributed by atoms with Crippen LogP contribution in [0.3, 0.4) is 0 Å². The number of fused-ring (bicyclic) bond motifs is 3. The van der Waals surface area contributed by atoms with E-state index in [0.717, 1.165) is 16.8 Å². The minimum absolute atomic E-state index is 0.121. The average molecular weight is 508 g/mol. The quantitative estimate of drug-likeness (QED) is 0.349. The van der Waals surface area contributed by atoms with Crippen LogP contribution in [0.25, 0.3) is 28.0 Å². The van der Waals surface area contributed by atoms with Crippen molar-refractivity contribution >= 4 is 34.6 Å². The number of nitrogens with zero attached hydrogens (tertiary/aromatic N) is 4. The van der Waals surface area contributed by atoms with E-state index in [9.17, 15) is 14.4 Å². The van der Waals surface area contributed by atoms with Crippen LogP contribution in [0.5, 0.6) is 5.75 Å². The molecule has 0 radical (unpaired) electrons. The summed E-state index contributed by atoms with van der Waals surface area (Å²) in [5.41, 5.74) is 3.04. The van der Waals surface area contributed by atoms with Gasteiger partial charge in [-0.1, -0.05) is 6.07 Å². The Kier molecular flexibility index (Phi) is 4.58. The maximum absolute atomic E-state index is 13.2. The number of aromatic nitrogens is 3. The highest BCUT2D eigenvalue weighted by atomic mass is 16.5. The fourth-order valence-electron chi connectivity index (χ4n) is 5.10.